The van der Waals surface area contributed by atoms with Gasteiger partial charge in [-0.2, -0.15) is 23.0 Å². The molecule has 220 valence electrons. The Labute approximate surface area is 235 Å². The number of benzene rings is 2. The number of aromatic nitrogens is 4. The summed E-state index contributed by atoms with van der Waals surface area (Å²) in [5.41, 5.74) is 3.65. The van der Waals surface area contributed by atoms with Gasteiger partial charge in [0.1, 0.15) is 28.1 Å². The summed E-state index contributed by atoms with van der Waals surface area (Å²) in [6.45, 7) is 2.79. The molecule has 2 aromatic heterocycles. The van der Waals surface area contributed by atoms with E-state index in [1.54, 1.807) is 12.1 Å². The molecule has 2 atom stereocenters. The van der Waals surface area contributed by atoms with Crippen molar-refractivity contribution in [2.75, 3.05) is 23.3 Å². The van der Waals surface area contributed by atoms with Crippen LogP contribution in [0.5, 0.6) is 0 Å². The van der Waals surface area contributed by atoms with E-state index < -0.39 is 40.4 Å². The van der Waals surface area contributed by atoms with Crippen molar-refractivity contribution >= 4 is 28.3 Å². The number of nitrogens with zero attached hydrogens (tertiary/aromatic N) is 5. The number of carbonyl (C=O) groups excluding carboxylic acids is 1. The molecule has 1 saturated carbocycles. The maximum absolute atomic E-state index is 14.4. The molecule has 0 radical (unpaired) electrons. The van der Waals surface area contributed by atoms with Gasteiger partial charge < -0.3 is 20.5 Å². The number of aryl methyl sites for hydroxylation is 1. The normalized spacial score (nSPS) is 19.9. The van der Waals surface area contributed by atoms with Crippen molar-refractivity contribution in [1.29, 1.82) is 0 Å². The summed E-state index contributed by atoms with van der Waals surface area (Å²) in [6, 6.07) is 7.99. The lowest BCUT2D eigenvalue weighted by Gasteiger charge is -2.23. The van der Waals surface area contributed by atoms with Gasteiger partial charge in [-0.05, 0) is 49.1 Å². The molecule has 14 heteroatoms. The molecule has 42 heavy (non-hydrogen) atoms. The summed E-state index contributed by atoms with van der Waals surface area (Å²) in [7, 11) is 1.53. The van der Waals surface area contributed by atoms with Crippen molar-refractivity contribution in [1.82, 2.24) is 19.3 Å². The summed E-state index contributed by atoms with van der Waals surface area (Å²) in [4.78, 5) is 32.2. The topological polar surface area (TPSA) is 111 Å². The van der Waals surface area contributed by atoms with Crippen LogP contribution in [0, 0.1) is 17.6 Å². The number of fused-ring (bicyclic) bond motifs is 1. The van der Waals surface area contributed by atoms with Crippen LogP contribution in [0.15, 0.2) is 47.3 Å². The average molecular weight is 588 g/mol. The molecule has 1 saturated heterocycles. The number of nitrogens with two attached hydrogens (primary N) is 1. The zero-order valence-electron chi connectivity index (χ0n) is 22.5. The second-order valence-corrected chi connectivity index (χ2v) is 10.9. The van der Waals surface area contributed by atoms with Gasteiger partial charge in [-0.25, -0.2) is 13.8 Å². The predicted molar refractivity (Wildman–Crippen MR) is 145 cm³/mol. The highest BCUT2D eigenvalue weighted by atomic mass is 19.4. The second kappa shape index (κ2) is 9.61. The van der Waals surface area contributed by atoms with Crippen molar-refractivity contribution in [3.05, 3.63) is 76.0 Å². The Balaban J connectivity index is 1.44. The fourth-order valence-electron chi connectivity index (χ4n) is 5.60. The molecule has 0 bridgehead atoms. The molecule has 3 N–H and O–H groups in total. The van der Waals surface area contributed by atoms with Crippen LogP contribution < -0.4 is 21.5 Å². The summed E-state index contributed by atoms with van der Waals surface area (Å²) in [6.07, 6.45) is -4.61. The zero-order valence-corrected chi connectivity index (χ0v) is 22.5. The third kappa shape index (κ3) is 4.32. The molecule has 2 fully saturated rings. The van der Waals surface area contributed by atoms with E-state index >= 15 is 0 Å². The van der Waals surface area contributed by atoms with Crippen molar-refractivity contribution in [2.24, 2.45) is 18.7 Å². The largest absolute Gasteiger partial charge is 0.401 e. The Bertz CT molecular complexity index is 1760. The molecular weight excluding hydrogens is 561 g/mol. The van der Waals surface area contributed by atoms with Gasteiger partial charge in [-0.3, -0.25) is 9.59 Å². The van der Waals surface area contributed by atoms with Crippen LogP contribution in [-0.4, -0.2) is 50.5 Å². The smallest absolute Gasteiger partial charge is 0.366 e. The minimum Gasteiger partial charge on any atom is -0.366 e. The lowest BCUT2D eigenvalue weighted by Crippen LogP contribution is -2.31. The Morgan fingerprint density at radius 2 is 1.74 bits per heavy atom. The minimum absolute atomic E-state index is 0.0535. The lowest BCUT2D eigenvalue weighted by atomic mass is 10.1. The average Bonchev–Trinajstić information content (AvgIpc) is 3.59. The molecule has 6 rings (SSSR count). The first-order valence-electron chi connectivity index (χ1n) is 13.3. The van der Waals surface area contributed by atoms with E-state index in [1.165, 1.54) is 11.6 Å². The first-order valence-corrected chi connectivity index (χ1v) is 13.3. The highest BCUT2D eigenvalue weighted by Crippen LogP contribution is 2.59. The summed E-state index contributed by atoms with van der Waals surface area (Å²) in [5, 5.41) is 6.60. The number of alkyl halides is 3. The number of hydrogen-bond acceptors (Lipinski definition) is 6. The molecule has 1 aliphatic heterocycles. The van der Waals surface area contributed by atoms with Crippen LogP contribution in [0.4, 0.5) is 33.3 Å². The standard InChI is InChI=1S/C28H26F5N7O2/c1-14-12-39(13-17(14)34)24-18(6-8-20-22(24)36-26(38(20)2)27(10-11-27)28(31,32)33)35-25(42)19-7-9-21(41)40(37-19)23-15(29)4-3-5-16(23)30/h3-9,14,17H,10-13,34H2,1-2H3,(H,35,42)/t14-,17+/m1/s1. The van der Waals surface area contributed by atoms with Crippen LogP contribution in [-0.2, 0) is 12.5 Å². The number of halogens is 5. The van der Waals surface area contributed by atoms with Crippen LogP contribution in [0.2, 0.25) is 0 Å². The Kier molecular flexibility index (Phi) is 6.37. The number of carbonyl (C=O) groups is 1. The van der Waals surface area contributed by atoms with Gasteiger partial charge in [-0.1, -0.05) is 13.0 Å². The van der Waals surface area contributed by atoms with Crippen LogP contribution >= 0.6 is 0 Å². The third-order valence-electron chi connectivity index (χ3n) is 8.16. The number of amides is 1. The maximum atomic E-state index is 14.4. The number of para-hydroxylation sites is 1. The number of anilines is 2. The number of hydrogen-bond donors (Lipinski definition) is 2. The van der Waals surface area contributed by atoms with E-state index in [0.29, 0.717) is 29.0 Å². The Hall–Kier alpha value is -4.33. The van der Waals surface area contributed by atoms with Gasteiger partial charge >= 0.3 is 6.18 Å². The van der Waals surface area contributed by atoms with E-state index in [2.05, 4.69) is 15.4 Å². The molecule has 0 spiro atoms. The molecule has 0 unspecified atom stereocenters. The van der Waals surface area contributed by atoms with Crippen LogP contribution in [0.25, 0.3) is 16.7 Å². The van der Waals surface area contributed by atoms with Crippen molar-refractivity contribution in [2.45, 2.75) is 37.4 Å². The first-order chi connectivity index (χ1) is 19.8. The summed E-state index contributed by atoms with van der Waals surface area (Å²) < 4.78 is 72.8. The SMILES string of the molecule is C[C@@H]1CN(c2c(NC(=O)c3ccc(=O)n(-c4c(F)cccc4F)n3)ccc3c2nc(C2(C(F)(F)F)CC2)n3C)C[C@@H]1N. The van der Waals surface area contributed by atoms with E-state index in [9.17, 15) is 31.5 Å². The fraction of sp³-hybridized carbons (Fsp3) is 0.357. The van der Waals surface area contributed by atoms with Crippen molar-refractivity contribution < 1.29 is 26.7 Å². The van der Waals surface area contributed by atoms with Gasteiger partial charge in [0.15, 0.2) is 11.6 Å². The number of rotatable bonds is 5. The van der Waals surface area contributed by atoms with E-state index in [-0.39, 0.29) is 47.5 Å². The van der Waals surface area contributed by atoms with Gasteiger partial charge in [0, 0.05) is 32.2 Å². The molecule has 2 aromatic carbocycles. The molecule has 2 aliphatic rings. The maximum Gasteiger partial charge on any atom is 0.401 e. The Morgan fingerprint density at radius 1 is 1.05 bits per heavy atom. The van der Waals surface area contributed by atoms with Crippen molar-refractivity contribution in [3.8, 4) is 5.69 Å². The predicted octanol–water partition coefficient (Wildman–Crippen LogP) is 4.03. The highest BCUT2D eigenvalue weighted by Gasteiger charge is 2.66. The lowest BCUT2D eigenvalue weighted by molar-refractivity contribution is -0.162. The first kappa shape index (κ1) is 27.8. The van der Waals surface area contributed by atoms with Crippen LogP contribution in [0.1, 0.15) is 36.1 Å². The Morgan fingerprint density at radius 3 is 2.33 bits per heavy atom. The molecule has 1 aliphatic carbocycles. The summed E-state index contributed by atoms with van der Waals surface area (Å²) in [5.74, 6) is -2.97. The van der Waals surface area contributed by atoms with Gasteiger partial charge in [0.05, 0.1) is 16.9 Å². The summed E-state index contributed by atoms with van der Waals surface area (Å²) >= 11 is 0. The monoisotopic (exact) mass is 587 g/mol. The van der Waals surface area contributed by atoms with E-state index in [4.69, 9.17) is 5.73 Å². The minimum atomic E-state index is -4.48. The zero-order chi connectivity index (χ0) is 30.1. The molecule has 3 heterocycles. The second-order valence-electron chi connectivity index (χ2n) is 10.9. The van der Waals surface area contributed by atoms with Gasteiger partial charge in [0.25, 0.3) is 11.5 Å². The molecular formula is C28H26F5N7O2. The van der Waals surface area contributed by atoms with Crippen LogP contribution in [0.3, 0.4) is 0 Å². The third-order valence-corrected chi connectivity index (χ3v) is 8.16. The molecule has 9 nitrogen and oxygen atoms in total. The number of nitrogens with one attached hydrogen (secondary N) is 1. The molecule has 4 aromatic rings. The van der Waals surface area contributed by atoms with Crippen molar-refractivity contribution in [3.63, 3.8) is 0 Å². The van der Waals surface area contributed by atoms with E-state index in [1.807, 2.05) is 11.8 Å². The van der Waals surface area contributed by atoms with Gasteiger partial charge in [-0.15, -0.1) is 0 Å². The number of imidazole rings is 1. The van der Waals surface area contributed by atoms with Gasteiger partial charge in [0.2, 0.25) is 0 Å². The molecule has 1 amide bonds. The fourth-order valence-corrected chi connectivity index (χ4v) is 5.60. The van der Waals surface area contributed by atoms with E-state index in [0.717, 1.165) is 30.3 Å². The highest BCUT2D eigenvalue weighted by molar-refractivity contribution is 6.08. The quantitative estimate of drug-likeness (QED) is 0.342.